The van der Waals surface area contributed by atoms with E-state index in [4.69, 9.17) is 4.74 Å². The Morgan fingerprint density at radius 3 is 2.60 bits per heavy atom. The number of methoxy groups -OCH3 is 1. The Morgan fingerprint density at radius 1 is 1.25 bits per heavy atom. The van der Waals surface area contributed by atoms with E-state index in [-0.39, 0.29) is 6.04 Å². The average Bonchev–Trinajstić information content (AvgIpc) is 2.67. The highest BCUT2D eigenvalue weighted by Crippen LogP contribution is 2.20. The van der Waals surface area contributed by atoms with Crippen LogP contribution in [-0.4, -0.2) is 35.7 Å². The molecule has 0 amide bonds. The van der Waals surface area contributed by atoms with Crippen molar-refractivity contribution >= 4 is 5.97 Å². The molecule has 0 bridgehead atoms. The quantitative estimate of drug-likeness (QED) is 0.899. The first-order chi connectivity index (χ1) is 9.70. The van der Waals surface area contributed by atoms with E-state index in [1.165, 1.54) is 0 Å². The Kier molecular flexibility index (Phi) is 5.56. The van der Waals surface area contributed by atoms with Gasteiger partial charge in [-0.15, -0.1) is 0 Å². The van der Waals surface area contributed by atoms with Crippen molar-refractivity contribution in [2.45, 2.75) is 44.9 Å². The summed E-state index contributed by atoms with van der Waals surface area (Å²) < 4.78 is 5.09. The van der Waals surface area contributed by atoms with Crippen molar-refractivity contribution in [1.82, 2.24) is 4.90 Å². The molecule has 110 valence electrons. The second-order valence-electron chi connectivity index (χ2n) is 5.42. The maximum Gasteiger partial charge on any atom is 0.320 e. The van der Waals surface area contributed by atoms with E-state index in [1.807, 2.05) is 12.1 Å². The highest BCUT2D eigenvalue weighted by Gasteiger charge is 2.26. The van der Waals surface area contributed by atoms with Crippen molar-refractivity contribution in [2.24, 2.45) is 0 Å². The van der Waals surface area contributed by atoms with Gasteiger partial charge in [-0.1, -0.05) is 37.1 Å². The minimum absolute atomic E-state index is 0.337. The summed E-state index contributed by atoms with van der Waals surface area (Å²) in [7, 11) is 1.68. The van der Waals surface area contributed by atoms with Gasteiger partial charge in [0.2, 0.25) is 0 Å². The molecule has 1 saturated heterocycles. The Balaban J connectivity index is 2.03. The van der Waals surface area contributed by atoms with Crippen LogP contribution in [0.3, 0.4) is 0 Å². The van der Waals surface area contributed by atoms with Crippen molar-refractivity contribution in [3.05, 3.63) is 35.4 Å². The molecule has 1 aliphatic rings. The molecule has 1 aromatic carbocycles. The molecule has 1 heterocycles. The van der Waals surface area contributed by atoms with Crippen molar-refractivity contribution in [3.63, 3.8) is 0 Å². The summed E-state index contributed by atoms with van der Waals surface area (Å²) in [4.78, 5) is 13.5. The molecular weight excluding hydrogens is 254 g/mol. The van der Waals surface area contributed by atoms with Gasteiger partial charge in [0.05, 0.1) is 6.61 Å². The lowest BCUT2D eigenvalue weighted by Crippen LogP contribution is -2.40. The summed E-state index contributed by atoms with van der Waals surface area (Å²) in [5.74, 6) is -0.692. The van der Waals surface area contributed by atoms with Gasteiger partial charge in [-0.3, -0.25) is 9.69 Å². The molecule has 0 aliphatic carbocycles. The summed E-state index contributed by atoms with van der Waals surface area (Å²) in [5.41, 5.74) is 2.31. The Morgan fingerprint density at radius 2 is 1.95 bits per heavy atom. The Bertz CT molecular complexity index is 430. The molecule has 20 heavy (non-hydrogen) atoms. The molecule has 2 rings (SSSR count). The summed E-state index contributed by atoms with van der Waals surface area (Å²) >= 11 is 0. The molecule has 1 aromatic rings. The molecule has 1 unspecified atom stereocenters. The van der Waals surface area contributed by atoms with Crippen LogP contribution in [0, 0.1) is 0 Å². The van der Waals surface area contributed by atoms with Crippen LogP contribution in [0.25, 0.3) is 0 Å². The molecule has 4 nitrogen and oxygen atoms in total. The zero-order valence-electron chi connectivity index (χ0n) is 12.0. The van der Waals surface area contributed by atoms with Crippen LogP contribution >= 0.6 is 0 Å². The van der Waals surface area contributed by atoms with Gasteiger partial charge >= 0.3 is 5.97 Å². The topological polar surface area (TPSA) is 49.8 Å². The van der Waals surface area contributed by atoms with Gasteiger partial charge in [-0.2, -0.15) is 0 Å². The number of likely N-dealkylation sites (tertiary alicyclic amines) is 1. The van der Waals surface area contributed by atoms with Gasteiger partial charge < -0.3 is 9.84 Å². The zero-order chi connectivity index (χ0) is 14.4. The smallest absolute Gasteiger partial charge is 0.320 e. The number of aliphatic carboxylic acids is 1. The number of hydrogen-bond donors (Lipinski definition) is 1. The SMILES string of the molecule is COCc1ccc(CN2CCCCCC2C(=O)O)cc1. The highest BCUT2D eigenvalue weighted by molar-refractivity contribution is 5.73. The summed E-state index contributed by atoms with van der Waals surface area (Å²) in [5, 5.41) is 9.37. The standard InChI is InChI=1S/C16H23NO3/c1-20-12-14-8-6-13(7-9-14)11-17-10-4-2-3-5-15(17)16(18)19/h6-9,15H,2-5,10-12H2,1H3,(H,18,19). The maximum atomic E-state index is 11.4. The molecule has 1 atom stereocenters. The van der Waals surface area contributed by atoms with E-state index < -0.39 is 5.97 Å². The Hall–Kier alpha value is -1.39. The molecule has 1 fully saturated rings. The van der Waals surface area contributed by atoms with E-state index in [0.29, 0.717) is 13.2 Å². The molecule has 0 aromatic heterocycles. The second kappa shape index (κ2) is 7.41. The van der Waals surface area contributed by atoms with E-state index in [1.54, 1.807) is 7.11 Å². The molecule has 1 aliphatic heterocycles. The molecule has 0 saturated carbocycles. The Labute approximate surface area is 120 Å². The summed E-state index contributed by atoms with van der Waals surface area (Å²) in [6, 6.07) is 7.89. The van der Waals surface area contributed by atoms with E-state index in [0.717, 1.165) is 43.4 Å². The number of nitrogens with zero attached hydrogens (tertiary/aromatic N) is 1. The number of ether oxygens (including phenoxy) is 1. The molecule has 0 spiro atoms. The van der Waals surface area contributed by atoms with Crippen LogP contribution in [0.1, 0.15) is 36.8 Å². The third kappa shape index (κ3) is 4.05. The number of benzene rings is 1. The van der Waals surface area contributed by atoms with Crippen molar-refractivity contribution in [1.29, 1.82) is 0 Å². The minimum atomic E-state index is -0.692. The fourth-order valence-corrected chi connectivity index (χ4v) is 2.78. The van der Waals surface area contributed by atoms with E-state index >= 15 is 0 Å². The molecule has 4 heteroatoms. The van der Waals surface area contributed by atoms with Crippen LogP contribution in [0.2, 0.25) is 0 Å². The largest absolute Gasteiger partial charge is 0.480 e. The highest BCUT2D eigenvalue weighted by atomic mass is 16.5. The van der Waals surface area contributed by atoms with Crippen molar-refractivity contribution in [3.8, 4) is 0 Å². The monoisotopic (exact) mass is 277 g/mol. The first-order valence-electron chi connectivity index (χ1n) is 7.24. The first-order valence-corrected chi connectivity index (χ1v) is 7.24. The molecule has 1 N–H and O–H groups in total. The fourth-order valence-electron chi connectivity index (χ4n) is 2.78. The van der Waals surface area contributed by atoms with Gasteiger partial charge in [0, 0.05) is 13.7 Å². The second-order valence-corrected chi connectivity index (χ2v) is 5.42. The number of carboxylic acid groups (broad SMARTS) is 1. The van der Waals surface area contributed by atoms with Crippen LogP contribution in [0.5, 0.6) is 0 Å². The maximum absolute atomic E-state index is 11.4. The number of hydrogen-bond acceptors (Lipinski definition) is 3. The number of rotatable bonds is 5. The predicted molar refractivity (Wildman–Crippen MR) is 77.5 cm³/mol. The van der Waals surface area contributed by atoms with Crippen LogP contribution in [-0.2, 0) is 22.7 Å². The lowest BCUT2D eigenvalue weighted by atomic mass is 10.1. The minimum Gasteiger partial charge on any atom is -0.480 e. The van der Waals surface area contributed by atoms with Crippen LogP contribution in [0.4, 0.5) is 0 Å². The lowest BCUT2D eigenvalue weighted by molar-refractivity contribution is -0.143. The average molecular weight is 277 g/mol. The summed E-state index contributed by atoms with van der Waals surface area (Å²) in [6.45, 7) is 2.20. The van der Waals surface area contributed by atoms with Crippen molar-refractivity contribution in [2.75, 3.05) is 13.7 Å². The lowest BCUT2D eigenvalue weighted by Gasteiger charge is -2.26. The predicted octanol–water partition coefficient (Wildman–Crippen LogP) is 2.66. The fraction of sp³-hybridized carbons (Fsp3) is 0.562. The number of carboxylic acids is 1. The third-order valence-corrected chi connectivity index (χ3v) is 3.87. The molecule has 0 radical (unpaired) electrons. The van der Waals surface area contributed by atoms with Gasteiger partial charge in [-0.25, -0.2) is 0 Å². The third-order valence-electron chi connectivity index (χ3n) is 3.87. The van der Waals surface area contributed by atoms with Crippen molar-refractivity contribution < 1.29 is 14.6 Å². The van der Waals surface area contributed by atoms with Gasteiger partial charge in [0.25, 0.3) is 0 Å². The first kappa shape index (κ1) is 15.0. The van der Waals surface area contributed by atoms with E-state index in [9.17, 15) is 9.90 Å². The van der Waals surface area contributed by atoms with E-state index in [2.05, 4.69) is 17.0 Å². The normalized spacial score (nSPS) is 20.6. The summed E-state index contributed by atoms with van der Waals surface area (Å²) in [6.07, 6.45) is 4.00. The van der Waals surface area contributed by atoms with Crippen LogP contribution in [0.15, 0.2) is 24.3 Å². The van der Waals surface area contributed by atoms with Gasteiger partial charge in [0.1, 0.15) is 6.04 Å². The molecular formula is C16H23NO3. The number of carbonyl (C=O) groups is 1. The van der Waals surface area contributed by atoms with Crippen LogP contribution < -0.4 is 0 Å². The van der Waals surface area contributed by atoms with Gasteiger partial charge in [-0.05, 0) is 30.5 Å². The zero-order valence-corrected chi connectivity index (χ0v) is 12.0. The van der Waals surface area contributed by atoms with Gasteiger partial charge in [0.15, 0.2) is 0 Å².